The van der Waals surface area contributed by atoms with Gasteiger partial charge in [-0.2, -0.15) is 0 Å². The molecule has 0 amide bonds. The van der Waals surface area contributed by atoms with Gasteiger partial charge in [-0.25, -0.2) is 15.0 Å². The van der Waals surface area contributed by atoms with Crippen LogP contribution in [0.5, 0.6) is 0 Å². The van der Waals surface area contributed by atoms with E-state index in [0.29, 0.717) is 5.92 Å². The van der Waals surface area contributed by atoms with Crippen LogP contribution >= 0.6 is 11.3 Å². The Morgan fingerprint density at radius 1 is 1.42 bits per heavy atom. The summed E-state index contributed by atoms with van der Waals surface area (Å²) in [5, 5.41) is 0. The van der Waals surface area contributed by atoms with E-state index in [4.69, 9.17) is 0 Å². The highest BCUT2D eigenvalue weighted by Gasteiger charge is 2.22. The molecule has 0 saturated carbocycles. The van der Waals surface area contributed by atoms with Gasteiger partial charge in [-0.1, -0.05) is 0 Å². The van der Waals surface area contributed by atoms with Crippen molar-refractivity contribution in [2.24, 2.45) is 0 Å². The number of hydrogen-bond acceptors (Lipinski definition) is 5. The van der Waals surface area contributed by atoms with Gasteiger partial charge in [0.1, 0.15) is 6.33 Å². The molecule has 4 nitrogen and oxygen atoms in total. The molecule has 2 aromatic heterocycles. The average Bonchev–Trinajstić information content (AvgIpc) is 2.86. The summed E-state index contributed by atoms with van der Waals surface area (Å²) in [7, 11) is 0. The molecule has 0 radical (unpaired) electrons. The predicted octanol–water partition coefficient (Wildman–Crippen LogP) is 2.62. The van der Waals surface area contributed by atoms with Gasteiger partial charge in [0.05, 0.1) is 11.2 Å². The van der Waals surface area contributed by atoms with E-state index < -0.39 is 0 Å². The first-order chi connectivity index (χ1) is 9.33. The SMILES string of the molecule is Cc1ncsc1CN1CCC[C@@H](c2ccncn2)C1. The summed E-state index contributed by atoms with van der Waals surface area (Å²) < 4.78 is 0. The summed E-state index contributed by atoms with van der Waals surface area (Å²) in [6.07, 6.45) is 5.97. The van der Waals surface area contributed by atoms with Crippen molar-refractivity contribution in [1.29, 1.82) is 0 Å². The maximum Gasteiger partial charge on any atom is 0.115 e. The largest absolute Gasteiger partial charge is 0.298 e. The molecule has 2 aromatic rings. The topological polar surface area (TPSA) is 41.9 Å². The van der Waals surface area contributed by atoms with Crippen LogP contribution in [0.25, 0.3) is 0 Å². The maximum absolute atomic E-state index is 4.40. The van der Waals surface area contributed by atoms with E-state index in [9.17, 15) is 0 Å². The van der Waals surface area contributed by atoms with E-state index in [1.807, 2.05) is 17.8 Å². The van der Waals surface area contributed by atoms with Gasteiger partial charge in [-0.3, -0.25) is 4.90 Å². The van der Waals surface area contributed by atoms with Crippen molar-refractivity contribution in [3.8, 4) is 0 Å². The number of hydrogen-bond donors (Lipinski definition) is 0. The number of likely N-dealkylation sites (tertiary alicyclic amines) is 1. The van der Waals surface area contributed by atoms with Crippen molar-refractivity contribution in [2.45, 2.75) is 32.2 Å². The third-order valence-corrected chi connectivity index (χ3v) is 4.66. The van der Waals surface area contributed by atoms with E-state index >= 15 is 0 Å². The second kappa shape index (κ2) is 5.75. The van der Waals surface area contributed by atoms with E-state index in [1.54, 1.807) is 17.7 Å². The normalized spacial score (nSPS) is 20.6. The highest BCUT2D eigenvalue weighted by atomic mass is 32.1. The molecule has 3 heterocycles. The second-order valence-electron chi connectivity index (χ2n) is 5.07. The van der Waals surface area contributed by atoms with E-state index in [0.717, 1.165) is 13.1 Å². The van der Waals surface area contributed by atoms with Crippen LogP contribution in [-0.2, 0) is 6.54 Å². The fourth-order valence-corrected chi connectivity index (χ4v) is 3.48. The molecule has 0 N–H and O–H groups in total. The average molecular weight is 274 g/mol. The van der Waals surface area contributed by atoms with Gasteiger partial charge in [0.25, 0.3) is 0 Å². The molecule has 0 unspecified atom stereocenters. The van der Waals surface area contributed by atoms with E-state index in [2.05, 4.69) is 26.8 Å². The molecule has 5 heteroatoms. The van der Waals surface area contributed by atoms with E-state index in [1.165, 1.54) is 35.7 Å². The highest BCUT2D eigenvalue weighted by Crippen LogP contribution is 2.27. The standard InChI is InChI=1S/C14H18N4S/c1-11-14(19-10-17-11)8-18-6-2-3-12(7-18)13-4-5-15-9-16-13/h4-5,9-10,12H,2-3,6-8H2,1H3/t12-/m1/s1. The van der Waals surface area contributed by atoms with Gasteiger partial charge in [-0.15, -0.1) is 11.3 Å². The fourth-order valence-electron chi connectivity index (χ4n) is 2.66. The molecule has 1 fully saturated rings. The number of piperidine rings is 1. The third-order valence-electron chi connectivity index (χ3n) is 3.74. The Labute approximate surface area is 117 Å². The maximum atomic E-state index is 4.40. The lowest BCUT2D eigenvalue weighted by Crippen LogP contribution is -2.34. The van der Waals surface area contributed by atoms with Crippen molar-refractivity contribution in [3.63, 3.8) is 0 Å². The number of rotatable bonds is 3. The Morgan fingerprint density at radius 2 is 2.37 bits per heavy atom. The number of nitrogens with zero attached hydrogens (tertiary/aromatic N) is 4. The van der Waals surface area contributed by atoms with Crippen molar-refractivity contribution in [2.75, 3.05) is 13.1 Å². The van der Waals surface area contributed by atoms with Gasteiger partial charge in [0, 0.05) is 35.8 Å². The van der Waals surface area contributed by atoms with Crippen LogP contribution in [0, 0.1) is 6.92 Å². The van der Waals surface area contributed by atoms with Crippen LogP contribution in [0.2, 0.25) is 0 Å². The number of aromatic nitrogens is 3. The van der Waals surface area contributed by atoms with Crippen molar-refractivity contribution in [3.05, 3.63) is 40.4 Å². The number of thiazole rings is 1. The lowest BCUT2D eigenvalue weighted by molar-refractivity contribution is 0.199. The first-order valence-corrected chi connectivity index (χ1v) is 7.58. The summed E-state index contributed by atoms with van der Waals surface area (Å²) in [5.41, 5.74) is 4.30. The van der Waals surface area contributed by atoms with Gasteiger partial charge in [0.2, 0.25) is 0 Å². The van der Waals surface area contributed by atoms with Crippen LogP contribution in [0.4, 0.5) is 0 Å². The predicted molar refractivity (Wildman–Crippen MR) is 76.1 cm³/mol. The highest BCUT2D eigenvalue weighted by molar-refractivity contribution is 7.09. The molecular formula is C14H18N4S. The monoisotopic (exact) mass is 274 g/mol. The zero-order chi connectivity index (χ0) is 13.1. The summed E-state index contributed by atoms with van der Waals surface area (Å²) in [5.74, 6) is 0.546. The first kappa shape index (κ1) is 12.7. The molecule has 1 aliphatic heterocycles. The smallest absolute Gasteiger partial charge is 0.115 e. The van der Waals surface area contributed by atoms with Crippen molar-refractivity contribution >= 4 is 11.3 Å². The molecule has 1 aliphatic rings. The summed E-state index contributed by atoms with van der Waals surface area (Å²) in [6.45, 7) is 5.39. The summed E-state index contributed by atoms with van der Waals surface area (Å²) in [4.78, 5) is 16.7. The summed E-state index contributed by atoms with van der Waals surface area (Å²) in [6, 6.07) is 2.05. The lowest BCUT2D eigenvalue weighted by atomic mass is 9.94. The van der Waals surface area contributed by atoms with Crippen molar-refractivity contribution in [1.82, 2.24) is 19.9 Å². The quantitative estimate of drug-likeness (QED) is 0.863. The van der Waals surface area contributed by atoms with Crippen molar-refractivity contribution < 1.29 is 0 Å². The Balaban J connectivity index is 1.67. The first-order valence-electron chi connectivity index (χ1n) is 6.70. The zero-order valence-corrected chi connectivity index (χ0v) is 11.9. The van der Waals surface area contributed by atoms with Crippen LogP contribution in [0.1, 0.15) is 35.0 Å². The Morgan fingerprint density at radius 3 is 3.11 bits per heavy atom. The second-order valence-corrected chi connectivity index (χ2v) is 6.01. The minimum atomic E-state index is 0.546. The zero-order valence-electron chi connectivity index (χ0n) is 11.1. The van der Waals surface area contributed by atoms with Gasteiger partial charge < -0.3 is 0 Å². The Kier molecular flexibility index (Phi) is 3.84. The molecule has 19 heavy (non-hydrogen) atoms. The number of aryl methyl sites for hydroxylation is 1. The molecule has 0 spiro atoms. The molecule has 0 bridgehead atoms. The summed E-state index contributed by atoms with van der Waals surface area (Å²) >= 11 is 1.76. The van der Waals surface area contributed by atoms with Crippen LogP contribution in [0.3, 0.4) is 0 Å². The van der Waals surface area contributed by atoms with Gasteiger partial charge in [-0.05, 0) is 32.4 Å². The molecule has 3 rings (SSSR count). The molecule has 100 valence electrons. The van der Waals surface area contributed by atoms with Gasteiger partial charge in [0.15, 0.2) is 0 Å². The minimum Gasteiger partial charge on any atom is -0.298 e. The molecule has 1 saturated heterocycles. The van der Waals surface area contributed by atoms with Crippen LogP contribution in [-0.4, -0.2) is 32.9 Å². The lowest BCUT2D eigenvalue weighted by Gasteiger charge is -2.32. The molecule has 0 aromatic carbocycles. The molecule has 1 atom stereocenters. The Bertz CT molecular complexity index is 525. The molecular weight excluding hydrogens is 256 g/mol. The van der Waals surface area contributed by atoms with Crippen LogP contribution in [0.15, 0.2) is 24.1 Å². The minimum absolute atomic E-state index is 0.546. The fraction of sp³-hybridized carbons (Fsp3) is 0.500. The molecule has 0 aliphatic carbocycles. The van der Waals surface area contributed by atoms with E-state index in [-0.39, 0.29) is 0 Å². The van der Waals surface area contributed by atoms with Crippen LogP contribution < -0.4 is 0 Å². The Hall–Kier alpha value is -1.33. The third kappa shape index (κ3) is 2.98. The van der Waals surface area contributed by atoms with Gasteiger partial charge >= 0.3 is 0 Å².